The molecule has 1 atom stereocenters. The summed E-state index contributed by atoms with van der Waals surface area (Å²) < 4.78 is 15.7. The number of nitrogens with zero attached hydrogens (tertiary/aromatic N) is 1. The second kappa shape index (κ2) is 13.7. The van der Waals surface area contributed by atoms with Crippen molar-refractivity contribution in [2.45, 2.75) is 45.1 Å². The molecule has 0 amide bonds. The van der Waals surface area contributed by atoms with E-state index in [1.54, 1.807) is 14.2 Å². The number of nitrogens with one attached hydrogen (secondary N) is 2. The Labute approximate surface area is 162 Å². The van der Waals surface area contributed by atoms with Crippen LogP contribution in [0.4, 0.5) is 0 Å². The van der Waals surface area contributed by atoms with Crippen LogP contribution in [0.15, 0.2) is 29.3 Å². The van der Waals surface area contributed by atoms with Crippen molar-refractivity contribution in [1.82, 2.24) is 10.6 Å². The van der Waals surface area contributed by atoms with Gasteiger partial charge in [-0.25, -0.2) is 0 Å². The van der Waals surface area contributed by atoms with Crippen LogP contribution in [0.2, 0.25) is 0 Å². The van der Waals surface area contributed by atoms with Crippen LogP contribution in [0.25, 0.3) is 0 Å². The Bertz CT molecular complexity index is 578. The van der Waals surface area contributed by atoms with Gasteiger partial charge in [0, 0.05) is 26.1 Å². The molecule has 0 aliphatic heterocycles. The van der Waals surface area contributed by atoms with Crippen LogP contribution in [0.5, 0.6) is 11.5 Å². The number of esters is 1. The molecule has 7 nitrogen and oxygen atoms in total. The molecule has 0 fully saturated rings. The smallest absolute Gasteiger partial charge is 0.305 e. The van der Waals surface area contributed by atoms with Gasteiger partial charge in [-0.3, -0.25) is 9.79 Å². The lowest BCUT2D eigenvalue weighted by Gasteiger charge is -2.18. The van der Waals surface area contributed by atoms with Crippen molar-refractivity contribution in [2.24, 2.45) is 4.99 Å². The van der Waals surface area contributed by atoms with E-state index in [2.05, 4.69) is 20.4 Å². The minimum absolute atomic E-state index is 0.0195. The number of carbonyl (C=O) groups is 1. The zero-order chi connectivity index (χ0) is 19.9. The molecule has 2 N–H and O–H groups in total. The zero-order valence-electron chi connectivity index (χ0n) is 16.9. The minimum Gasteiger partial charge on any atom is -0.497 e. The van der Waals surface area contributed by atoms with Gasteiger partial charge in [-0.1, -0.05) is 18.9 Å². The van der Waals surface area contributed by atoms with E-state index < -0.39 is 0 Å². The van der Waals surface area contributed by atoms with Crippen LogP contribution in [-0.4, -0.2) is 52.4 Å². The van der Waals surface area contributed by atoms with Gasteiger partial charge in [0.25, 0.3) is 0 Å². The number of guanidine groups is 1. The molecule has 0 spiro atoms. The molecule has 0 aliphatic rings. The minimum atomic E-state index is -0.136. The number of hydrogen-bond donors (Lipinski definition) is 2. The van der Waals surface area contributed by atoms with Crippen molar-refractivity contribution >= 4 is 11.9 Å². The molecular weight excluding hydrogens is 346 g/mol. The number of hydrogen-bond acceptors (Lipinski definition) is 5. The molecule has 0 heterocycles. The van der Waals surface area contributed by atoms with Crippen LogP contribution in [0.1, 0.15) is 39.0 Å². The molecule has 0 aromatic heterocycles. The van der Waals surface area contributed by atoms with Crippen LogP contribution in [0, 0.1) is 0 Å². The van der Waals surface area contributed by atoms with E-state index in [1.165, 1.54) is 7.11 Å². The quantitative estimate of drug-likeness (QED) is 0.252. The molecule has 0 bridgehead atoms. The Balaban J connectivity index is 2.17. The normalized spacial score (nSPS) is 12.2. The van der Waals surface area contributed by atoms with E-state index in [-0.39, 0.29) is 12.1 Å². The van der Waals surface area contributed by atoms with Gasteiger partial charge in [0.1, 0.15) is 17.6 Å². The summed E-state index contributed by atoms with van der Waals surface area (Å²) in [7, 11) is 4.81. The number of carbonyl (C=O) groups excluding carboxylic acids is 1. The summed E-state index contributed by atoms with van der Waals surface area (Å²) in [5.41, 5.74) is 0. The molecule has 0 saturated heterocycles. The first-order chi connectivity index (χ1) is 13.1. The molecule has 1 unspecified atom stereocenters. The topological polar surface area (TPSA) is 81.2 Å². The molecule has 1 aromatic carbocycles. The lowest BCUT2D eigenvalue weighted by Crippen LogP contribution is -2.42. The van der Waals surface area contributed by atoms with Crippen molar-refractivity contribution in [2.75, 3.05) is 34.4 Å². The number of rotatable bonds is 12. The highest BCUT2D eigenvalue weighted by atomic mass is 16.5. The summed E-state index contributed by atoms with van der Waals surface area (Å²) >= 11 is 0. The van der Waals surface area contributed by atoms with E-state index in [1.807, 2.05) is 31.2 Å². The molecule has 27 heavy (non-hydrogen) atoms. The van der Waals surface area contributed by atoms with Gasteiger partial charge in [-0.05, 0) is 31.9 Å². The first-order valence-electron chi connectivity index (χ1n) is 9.41. The summed E-state index contributed by atoms with van der Waals surface area (Å²) in [4.78, 5) is 15.2. The van der Waals surface area contributed by atoms with Gasteiger partial charge in [0.15, 0.2) is 5.96 Å². The fraction of sp³-hybridized carbons (Fsp3) is 0.600. The maximum atomic E-state index is 11.0. The average molecular weight is 380 g/mol. The molecule has 0 aliphatic carbocycles. The van der Waals surface area contributed by atoms with Crippen molar-refractivity contribution in [3.8, 4) is 11.5 Å². The standard InChI is InChI=1S/C20H33N3O4/c1-16(27-18-11-9-10-17(14-18)25-3)15-23-20(21-2)22-13-8-6-5-7-12-19(24)26-4/h9-11,14,16H,5-8,12-13,15H2,1-4H3,(H2,21,22,23). The van der Waals surface area contributed by atoms with Gasteiger partial charge >= 0.3 is 5.97 Å². The Kier molecular flexibility index (Phi) is 11.5. The Morgan fingerprint density at radius 3 is 2.56 bits per heavy atom. The molecule has 0 radical (unpaired) electrons. The summed E-state index contributed by atoms with van der Waals surface area (Å²) in [5, 5.41) is 6.55. The SMILES string of the molecule is CN=C(NCCCCCCC(=O)OC)NCC(C)Oc1cccc(OC)c1. The maximum absolute atomic E-state index is 11.0. The van der Waals surface area contributed by atoms with E-state index >= 15 is 0 Å². The summed E-state index contributed by atoms with van der Waals surface area (Å²) in [6, 6.07) is 7.56. The molecule has 1 aromatic rings. The third-order valence-corrected chi connectivity index (χ3v) is 3.99. The molecular formula is C20H33N3O4. The Morgan fingerprint density at radius 1 is 1.11 bits per heavy atom. The highest BCUT2D eigenvalue weighted by molar-refractivity contribution is 5.79. The molecule has 7 heteroatoms. The highest BCUT2D eigenvalue weighted by Gasteiger charge is 2.06. The van der Waals surface area contributed by atoms with Crippen molar-refractivity contribution in [1.29, 1.82) is 0 Å². The van der Waals surface area contributed by atoms with Gasteiger partial charge < -0.3 is 24.8 Å². The maximum Gasteiger partial charge on any atom is 0.305 e. The molecule has 0 saturated carbocycles. The van der Waals surface area contributed by atoms with E-state index in [0.717, 1.165) is 49.7 Å². The van der Waals surface area contributed by atoms with Gasteiger partial charge in [-0.2, -0.15) is 0 Å². The largest absolute Gasteiger partial charge is 0.497 e. The fourth-order valence-electron chi connectivity index (χ4n) is 2.47. The van der Waals surface area contributed by atoms with E-state index in [0.29, 0.717) is 13.0 Å². The monoisotopic (exact) mass is 379 g/mol. The number of benzene rings is 1. The van der Waals surface area contributed by atoms with Crippen molar-refractivity contribution < 1.29 is 19.0 Å². The van der Waals surface area contributed by atoms with Crippen LogP contribution in [-0.2, 0) is 9.53 Å². The van der Waals surface area contributed by atoms with Crippen molar-refractivity contribution in [3.05, 3.63) is 24.3 Å². The summed E-state index contributed by atoms with van der Waals surface area (Å²) in [5.74, 6) is 2.17. The van der Waals surface area contributed by atoms with Gasteiger partial charge in [0.05, 0.1) is 20.8 Å². The van der Waals surface area contributed by atoms with Crippen LogP contribution in [0.3, 0.4) is 0 Å². The number of unbranched alkanes of at least 4 members (excludes halogenated alkanes) is 3. The molecule has 1 rings (SSSR count). The van der Waals surface area contributed by atoms with Crippen LogP contribution >= 0.6 is 0 Å². The van der Waals surface area contributed by atoms with E-state index in [4.69, 9.17) is 9.47 Å². The van der Waals surface area contributed by atoms with Crippen molar-refractivity contribution in [3.63, 3.8) is 0 Å². The second-order valence-electron chi connectivity index (χ2n) is 6.23. The average Bonchev–Trinajstić information content (AvgIpc) is 2.69. The second-order valence-corrected chi connectivity index (χ2v) is 6.23. The third kappa shape index (κ3) is 10.3. The predicted octanol–water partition coefficient (Wildman–Crippen LogP) is 2.75. The van der Waals surface area contributed by atoms with E-state index in [9.17, 15) is 4.79 Å². The zero-order valence-corrected chi connectivity index (χ0v) is 16.9. The third-order valence-electron chi connectivity index (χ3n) is 3.99. The first kappa shape index (κ1) is 22.6. The first-order valence-corrected chi connectivity index (χ1v) is 9.41. The molecule has 152 valence electrons. The Hall–Kier alpha value is -2.44. The summed E-state index contributed by atoms with van der Waals surface area (Å²) in [6.45, 7) is 3.47. The van der Waals surface area contributed by atoms with Crippen LogP contribution < -0.4 is 20.1 Å². The number of methoxy groups -OCH3 is 2. The lowest BCUT2D eigenvalue weighted by atomic mass is 10.1. The number of aliphatic imine (C=N–C) groups is 1. The summed E-state index contributed by atoms with van der Waals surface area (Å²) in [6.07, 6.45) is 4.47. The predicted molar refractivity (Wildman–Crippen MR) is 108 cm³/mol. The number of ether oxygens (including phenoxy) is 3. The highest BCUT2D eigenvalue weighted by Crippen LogP contribution is 2.19. The fourth-order valence-corrected chi connectivity index (χ4v) is 2.47. The Morgan fingerprint density at radius 2 is 1.85 bits per heavy atom. The lowest BCUT2D eigenvalue weighted by molar-refractivity contribution is -0.140. The van der Waals surface area contributed by atoms with Gasteiger partial charge in [-0.15, -0.1) is 0 Å². The van der Waals surface area contributed by atoms with Gasteiger partial charge in [0.2, 0.25) is 0 Å².